The summed E-state index contributed by atoms with van der Waals surface area (Å²) in [6.45, 7) is 0.425. The van der Waals surface area contributed by atoms with Crippen molar-refractivity contribution in [2.75, 3.05) is 6.54 Å². The first-order valence-corrected chi connectivity index (χ1v) is 11.4. The second-order valence-corrected chi connectivity index (χ2v) is 10.3. The van der Waals surface area contributed by atoms with Crippen LogP contribution in [0.25, 0.3) is 0 Å². The number of amidine groups is 1. The second kappa shape index (κ2) is 7.06. The Bertz CT molecular complexity index is 844. The molecule has 2 amide bonds. The van der Waals surface area contributed by atoms with Crippen LogP contribution in [0.3, 0.4) is 0 Å². The molecule has 4 aliphatic carbocycles. The Kier molecular flexibility index (Phi) is 4.67. The number of halogens is 1. The van der Waals surface area contributed by atoms with Gasteiger partial charge >= 0.3 is 0 Å². The molecule has 0 saturated heterocycles. The van der Waals surface area contributed by atoms with Crippen molar-refractivity contribution >= 4 is 40.3 Å². The van der Waals surface area contributed by atoms with E-state index in [2.05, 4.69) is 15.6 Å². The van der Waals surface area contributed by atoms with Crippen LogP contribution in [0.1, 0.15) is 48.9 Å². The van der Waals surface area contributed by atoms with Gasteiger partial charge in [0.1, 0.15) is 0 Å². The molecule has 0 spiro atoms. The van der Waals surface area contributed by atoms with Gasteiger partial charge in [-0.2, -0.15) is 4.99 Å². The van der Waals surface area contributed by atoms with Gasteiger partial charge in [-0.15, -0.1) is 0 Å². The van der Waals surface area contributed by atoms with E-state index in [1.54, 1.807) is 24.3 Å². The molecule has 148 valence electrons. The average Bonchev–Trinajstić information content (AvgIpc) is 3.20. The van der Waals surface area contributed by atoms with Crippen molar-refractivity contribution in [2.45, 2.75) is 49.3 Å². The van der Waals surface area contributed by atoms with Crippen molar-refractivity contribution in [3.05, 3.63) is 34.9 Å². The van der Waals surface area contributed by atoms with E-state index in [1.165, 1.54) is 43.9 Å². The Morgan fingerprint density at radius 1 is 1.21 bits per heavy atom. The fourth-order valence-corrected chi connectivity index (χ4v) is 7.18. The maximum Gasteiger partial charge on any atom is 0.261 e. The summed E-state index contributed by atoms with van der Waals surface area (Å²) in [4.78, 5) is 28.9. The van der Waals surface area contributed by atoms with E-state index in [0.29, 0.717) is 23.6 Å². The van der Waals surface area contributed by atoms with E-state index in [4.69, 9.17) is 11.6 Å². The van der Waals surface area contributed by atoms with Crippen LogP contribution in [0.15, 0.2) is 29.3 Å². The molecule has 1 aromatic carbocycles. The molecule has 4 bridgehead atoms. The van der Waals surface area contributed by atoms with E-state index in [0.717, 1.165) is 22.9 Å². The zero-order valence-corrected chi connectivity index (χ0v) is 17.2. The summed E-state index contributed by atoms with van der Waals surface area (Å²) in [5.74, 6) is 2.18. The summed E-state index contributed by atoms with van der Waals surface area (Å²) < 4.78 is 0. The van der Waals surface area contributed by atoms with Gasteiger partial charge in [0.25, 0.3) is 11.8 Å². The number of rotatable bonds is 5. The predicted molar refractivity (Wildman–Crippen MR) is 112 cm³/mol. The quantitative estimate of drug-likeness (QED) is 0.767. The Morgan fingerprint density at radius 2 is 1.96 bits per heavy atom. The average molecular weight is 418 g/mol. The molecule has 5 aliphatic rings. The minimum atomic E-state index is -0.221. The van der Waals surface area contributed by atoms with Gasteiger partial charge in [0.05, 0.1) is 15.8 Å². The van der Waals surface area contributed by atoms with Gasteiger partial charge in [0.15, 0.2) is 5.17 Å². The highest BCUT2D eigenvalue weighted by molar-refractivity contribution is 8.15. The molecule has 3 unspecified atom stereocenters. The summed E-state index contributed by atoms with van der Waals surface area (Å²) in [7, 11) is 0. The molecule has 28 heavy (non-hydrogen) atoms. The maximum absolute atomic E-state index is 12.3. The van der Waals surface area contributed by atoms with E-state index < -0.39 is 0 Å². The van der Waals surface area contributed by atoms with Gasteiger partial charge in [0.2, 0.25) is 0 Å². The molecule has 4 saturated carbocycles. The molecule has 1 aliphatic heterocycles. The van der Waals surface area contributed by atoms with Gasteiger partial charge in [0, 0.05) is 12.1 Å². The lowest BCUT2D eigenvalue weighted by Crippen LogP contribution is -2.48. The lowest BCUT2D eigenvalue weighted by molar-refractivity contribution is -0.117. The number of hydrogen-bond acceptors (Lipinski definition) is 4. The van der Waals surface area contributed by atoms with Gasteiger partial charge in [-0.25, -0.2) is 0 Å². The molecule has 5 nitrogen and oxygen atoms in total. The van der Waals surface area contributed by atoms with Crippen molar-refractivity contribution < 1.29 is 9.59 Å². The Morgan fingerprint density at radius 3 is 2.71 bits per heavy atom. The first-order chi connectivity index (χ1) is 13.5. The van der Waals surface area contributed by atoms with E-state index in [-0.39, 0.29) is 22.6 Å². The highest BCUT2D eigenvalue weighted by Crippen LogP contribution is 2.60. The van der Waals surface area contributed by atoms with Gasteiger partial charge in [-0.3, -0.25) is 9.59 Å². The summed E-state index contributed by atoms with van der Waals surface area (Å²) in [6.07, 6.45) is 7.11. The molecule has 4 fully saturated rings. The van der Waals surface area contributed by atoms with Crippen molar-refractivity contribution in [1.29, 1.82) is 0 Å². The Balaban J connectivity index is 1.14. The SMILES string of the molecule is O=C(NCCC1SC(NC23CC4CC(CC2C4)C3)=NC1=O)c1ccccc1Cl. The lowest BCUT2D eigenvalue weighted by Gasteiger charge is -2.34. The number of carbonyl (C=O) groups is 2. The predicted octanol–water partition coefficient (Wildman–Crippen LogP) is 3.63. The van der Waals surface area contributed by atoms with Gasteiger partial charge in [-0.05, 0) is 68.4 Å². The highest BCUT2D eigenvalue weighted by atomic mass is 35.5. The topological polar surface area (TPSA) is 70.6 Å². The zero-order valence-electron chi connectivity index (χ0n) is 15.6. The molecular formula is C21H24ClN3O2S. The van der Waals surface area contributed by atoms with Crippen molar-refractivity contribution in [2.24, 2.45) is 22.7 Å². The number of thioether (sulfide) groups is 1. The number of nitrogens with zero attached hydrogens (tertiary/aromatic N) is 1. The largest absolute Gasteiger partial charge is 0.359 e. The van der Waals surface area contributed by atoms with Crippen molar-refractivity contribution in [1.82, 2.24) is 10.6 Å². The van der Waals surface area contributed by atoms with Crippen molar-refractivity contribution in [3.8, 4) is 0 Å². The lowest BCUT2D eigenvalue weighted by atomic mass is 9.80. The van der Waals surface area contributed by atoms with Gasteiger partial charge < -0.3 is 10.6 Å². The Hall–Kier alpha value is -1.53. The second-order valence-electron chi connectivity index (χ2n) is 8.71. The summed E-state index contributed by atoms with van der Waals surface area (Å²) >= 11 is 7.59. The number of carbonyl (C=O) groups excluding carboxylic acids is 2. The summed E-state index contributed by atoms with van der Waals surface area (Å²) in [5.41, 5.74) is 0.645. The van der Waals surface area contributed by atoms with E-state index >= 15 is 0 Å². The van der Waals surface area contributed by atoms with Crippen LogP contribution in [0.5, 0.6) is 0 Å². The van der Waals surface area contributed by atoms with Crippen LogP contribution >= 0.6 is 23.4 Å². The minimum absolute atomic E-state index is 0.0893. The van der Waals surface area contributed by atoms with Crippen LogP contribution in [-0.2, 0) is 4.79 Å². The molecule has 3 atom stereocenters. The number of amides is 2. The van der Waals surface area contributed by atoms with Crippen LogP contribution in [0.4, 0.5) is 0 Å². The third-order valence-electron chi connectivity index (χ3n) is 6.90. The van der Waals surface area contributed by atoms with Crippen LogP contribution in [0.2, 0.25) is 5.02 Å². The fraction of sp³-hybridized carbons (Fsp3) is 0.571. The van der Waals surface area contributed by atoms with Crippen LogP contribution < -0.4 is 10.6 Å². The molecule has 1 heterocycles. The molecule has 1 aromatic rings. The van der Waals surface area contributed by atoms with Crippen molar-refractivity contribution in [3.63, 3.8) is 0 Å². The van der Waals surface area contributed by atoms with Crippen LogP contribution in [-0.4, -0.2) is 34.3 Å². The van der Waals surface area contributed by atoms with E-state index in [9.17, 15) is 9.59 Å². The third-order valence-corrected chi connectivity index (χ3v) is 8.37. The maximum atomic E-state index is 12.3. The first kappa shape index (κ1) is 18.5. The molecule has 0 aromatic heterocycles. The molecular weight excluding hydrogens is 394 g/mol. The number of hydrogen-bond donors (Lipinski definition) is 2. The fourth-order valence-electron chi connectivity index (χ4n) is 5.89. The third kappa shape index (κ3) is 3.24. The number of aliphatic imine (C=N–C) groups is 1. The number of nitrogens with one attached hydrogen (secondary N) is 2. The first-order valence-electron chi connectivity index (χ1n) is 10.1. The number of benzene rings is 1. The standard InChI is InChI=1S/C21H24ClN3O2S/c22-16-4-2-1-3-15(16)18(26)23-6-5-17-19(27)24-20(28-17)25-21-10-12-7-13(11-21)9-14(21)8-12/h1-4,12-14,17H,5-11H2,(H,23,26)(H,24,25,27). The normalized spacial score (nSPS) is 35.3. The monoisotopic (exact) mass is 417 g/mol. The smallest absolute Gasteiger partial charge is 0.261 e. The molecule has 6 rings (SSSR count). The van der Waals surface area contributed by atoms with E-state index in [1.807, 2.05) is 0 Å². The van der Waals surface area contributed by atoms with Gasteiger partial charge in [-0.1, -0.05) is 35.5 Å². The molecule has 2 N–H and O–H groups in total. The van der Waals surface area contributed by atoms with Crippen LogP contribution in [0, 0.1) is 17.8 Å². The Labute approximate surface area is 174 Å². The minimum Gasteiger partial charge on any atom is -0.359 e. The zero-order chi connectivity index (χ0) is 19.3. The molecule has 7 heteroatoms. The summed E-state index contributed by atoms with van der Waals surface area (Å²) in [6, 6.07) is 6.97. The highest BCUT2D eigenvalue weighted by Gasteiger charge is 2.58. The summed E-state index contributed by atoms with van der Waals surface area (Å²) in [5, 5.41) is 7.56. The molecule has 0 radical (unpaired) electrons.